The van der Waals surface area contributed by atoms with Crippen molar-refractivity contribution in [3.8, 4) is 28.7 Å². The van der Waals surface area contributed by atoms with Crippen LogP contribution in [0.1, 0.15) is 11.1 Å². The molecule has 0 radical (unpaired) electrons. The maximum Gasteiger partial charge on any atom is 0.175 e. The molecule has 0 bridgehead atoms. The van der Waals surface area contributed by atoms with E-state index in [-0.39, 0.29) is 11.3 Å². The predicted molar refractivity (Wildman–Crippen MR) is 129 cm³/mol. The molecule has 21 heteroatoms. The second-order valence-electron chi connectivity index (χ2n) is 7.68. The highest BCUT2D eigenvalue weighted by Gasteiger charge is 2.15. The minimum atomic E-state index is -4.92. The number of aryl methyl sites for hydroxylation is 2. The van der Waals surface area contributed by atoms with Crippen LogP contribution in [0.15, 0.2) is 62.0 Å². The Morgan fingerprint density at radius 1 is 0.488 bits per heavy atom. The smallest absolute Gasteiger partial charge is 0.175 e. The van der Waals surface area contributed by atoms with E-state index in [1.54, 1.807) is 0 Å². The molecule has 0 amide bonds. The first-order valence-corrected chi connectivity index (χ1v) is 15.6. The van der Waals surface area contributed by atoms with E-state index in [1.807, 2.05) is 0 Å². The summed E-state index contributed by atoms with van der Waals surface area (Å²) in [6, 6.07) is 5.87. The molecule has 0 aliphatic heterocycles. The van der Waals surface area contributed by atoms with Gasteiger partial charge in [-0.05, 0) is 61.4 Å². The van der Waals surface area contributed by atoms with Gasteiger partial charge in [0, 0.05) is 6.07 Å². The van der Waals surface area contributed by atoms with Gasteiger partial charge in [0.15, 0.2) is 11.5 Å². The molecule has 3 aromatic carbocycles. The Balaban J connectivity index is 0.000000311. The third kappa shape index (κ3) is 10.0. The summed E-state index contributed by atoms with van der Waals surface area (Å²) >= 11 is 0. The molecule has 0 aromatic heterocycles. The first kappa shape index (κ1) is 35.3. The molecule has 0 heterocycles. The van der Waals surface area contributed by atoms with Crippen LogP contribution < -0.4 is 0 Å². The molecule has 5 N–H and O–H groups in total. The largest absolute Gasteiger partial charge is 0.744 e. The number of benzene rings is 3. The topological polar surface area (TPSA) is 330 Å². The lowest BCUT2D eigenvalue weighted by Gasteiger charge is -2.15. The Kier molecular flexibility index (Phi) is 10.7. The molecule has 41 heavy (non-hydrogen) atoms. The van der Waals surface area contributed by atoms with Crippen LogP contribution in [0.3, 0.4) is 0 Å². The van der Waals surface area contributed by atoms with E-state index in [2.05, 4.69) is 0 Å². The summed E-state index contributed by atoms with van der Waals surface area (Å²) in [5.74, 6) is -3.63. The molecule has 3 rings (SSSR count). The van der Waals surface area contributed by atoms with Gasteiger partial charge in [0.25, 0.3) is 0 Å². The molecule has 3 aromatic rings. The molecular weight excluding hydrogens is 640 g/mol. The number of phenols is 5. The van der Waals surface area contributed by atoms with Gasteiger partial charge in [-0.15, -0.1) is 0 Å². The molecule has 0 aliphatic carbocycles. The van der Waals surface area contributed by atoms with Crippen LogP contribution in [0.5, 0.6) is 28.7 Å². The van der Waals surface area contributed by atoms with Crippen LogP contribution in [-0.2, 0) is 40.5 Å². The van der Waals surface area contributed by atoms with Crippen molar-refractivity contribution in [3.05, 3.63) is 53.6 Å². The molecule has 17 nitrogen and oxygen atoms in total. The lowest BCUT2D eigenvalue weighted by Crippen LogP contribution is -2.05. The maximum absolute atomic E-state index is 10.7. The first-order valence-electron chi connectivity index (χ1n) is 9.98. The minimum absolute atomic E-state index is 0.220. The fourth-order valence-electron chi connectivity index (χ4n) is 2.76. The van der Waals surface area contributed by atoms with E-state index in [0.29, 0.717) is 17.7 Å². The Bertz CT molecular complexity index is 1840. The van der Waals surface area contributed by atoms with Crippen molar-refractivity contribution in [3.63, 3.8) is 0 Å². The van der Waals surface area contributed by atoms with Gasteiger partial charge in [0.05, 0.1) is 14.7 Å². The van der Waals surface area contributed by atoms with Crippen LogP contribution in [-0.4, -0.2) is 77.4 Å². The summed E-state index contributed by atoms with van der Waals surface area (Å²) in [7, 11) is -19.1. The van der Waals surface area contributed by atoms with Gasteiger partial charge in [0.2, 0.25) is 0 Å². The van der Waals surface area contributed by atoms with Crippen molar-refractivity contribution in [1.29, 1.82) is 0 Å². The average molecular weight is 659 g/mol. The molecule has 0 aliphatic rings. The Morgan fingerprint density at radius 2 is 0.927 bits per heavy atom. The zero-order valence-electron chi connectivity index (χ0n) is 20.3. The quantitative estimate of drug-likeness (QED) is 0.179. The van der Waals surface area contributed by atoms with E-state index in [4.69, 9.17) is 25.5 Å². The van der Waals surface area contributed by atoms with E-state index in [0.717, 1.165) is 37.3 Å². The van der Waals surface area contributed by atoms with Crippen molar-refractivity contribution < 1.29 is 77.4 Å². The second kappa shape index (κ2) is 12.4. The number of aromatic hydroxyl groups is 5. The van der Waals surface area contributed by atoms with Gasteiger partial charge in [-0.1, -0.05) is 0 Å². The molecule has 0 fully saturated rings. The zero-order valence-corrected chi connectivity index (χ0v) is 23.6. The average Bonchev–Trinajstić information content (AvgIpc) is 2.75. The lowest BCUT2D eigenvalue weighted by atomic mass is 10.2. The van der Waals surface area contributed by atoms with Gasteiger partial charge in [-0.25, -0.2) is 33.7 Å². The number of hydrogen-bond donors (Lipinski definition) is 5. The van der Waals surface area contributed by atoms with Crippen LogP contribution in [0.4, 0.5) is 0 Å². The van der Waals surface area contributed by atoms with Gasteiger partial charge in [-0.3, -0.25) is 0 Å². The minimum Gasteiger partial charge on any atom is -0.744 e. The summed E-state index contributed by atoms with van der Waals surface area (Å²) in [6.45, 7) is 2.63. The molecule has 0 saturated carbocycles. The van der Waals surface area contributed by atoms with E-state index < -0.39 is 83.1 Å². The summed E-state index contributed by atoms with van der Waals surface area (Å²) in [5.41, 5.74) is 0.159. The molecule has 228 valence electrons. The highest BCUT2D eigenvalue weighted by Crippen LogP contribution is 2.33. The normalized spacial score (nSPS) is 12.0. The summed E-state index contributed by atoms with van der Waals surface area (Å²) in [6.07, 6.45) is 0. The van der Waals surface area contributed by atoms with Crippen molar-refractivity contribution in [1.82, 2.24) is 0 Å². The molecule has 0 spiro atoms. The number of rotatable bonds is 4. The van der Waals surface area contributed by atoms with Crippen LogP contribution in [0, 0.1) is 13.8 Å². The Hall–Kier alpha value is -3.70. The maximum atomic E-state index is 10.7. The van der Waals surface area contributed by atoms with Crippen molar-refractivity contribution in [2.24, 2.45) is 0 Å². The number of hydrogen-bond acceptors (Lipinski definition) is 17. The highest BCUT2D eigenvalue weighted by atomic mass is 32.2. The summed E-state index contributed by atoms with van der Waals surface area (Å²) < 4.78 is 127. The van der Waals surface area contributed by atoms with Gasteiger partial charge in [-0.2, -0.15) is 0 Å². The SMILES string of the molecule is Cc1cc(O)c(O)c(S(=O)(=O)[O-])c1.Cc1cc(S(=O)(=O)[O-])c(O)cc1S(=O)(=O)[O-].O=S(=O)([O-])c1ccc(O)cc1O. The zero-order chi connectivity index (χ0) is 32.3. The second-order valence-corrected chi connectivity index (χ2v) is 13.1. The van der Waals surface area contributed by atoms with E-state index in [9.17, 15) is 51.9 Å². The van der Waals surface area contributed by atoms with Crippen LogP contribution in [0.25, 0.3) is 0 Å². The first-order chi connectivity index (χ1) is 18.3. The fraction of sp³-hybridized carbons (Fsp3) is 0.100. The monoisotopic (exact) mass is 658 g/mol. The van der Waals surface area contributed by atoms with Crippen molar-refractivity contribution in [2.45, 2.75) is 33.4 Å². The van der Waals surface area contributed by atoms with Crippen molar-refractivity contribution >= 4 is 40.5 Å². The van der Waals surface area contributed by atoms with Gasteiger partial charge >= 0.3 is 0 Å². The number of phenolic OH excluding ortho intramolecular Hbond substituents is 5. The molecule has 0 saturated heterocycles. The Morgan fingerprint density at radius 3 is 1.34 bits per heavy atom. The third-order valence-electron chi connectivity index (χ3n) is 4.48. The lowest BCUT2D eigenvalue weighted by molar-refractivity contribution is 0.387. The van der Waals surface area contributed by atoms with Gasteiger partial charge in [0.1, 0.15) is 62.6 Å². The summed E-state index contributed by atoms with van der Waals surface area (Å²) in [4.78, 5) is -3.26. The van der Waals surface area contributed by atoms with E-state index >= 15 is 0 Å². The van der Waals surface area contributed by atoms with Gasteiger partial charge < -0.3 is 43.7 Å². The summed E-state index contributed by atoms with van der Waals surface area (Å²) in [5, 5.41) is 44.8. The Labute approximate surface area is 233 Å². The molecular formula is C20H18O17S4-4. The predicted octanol–water partition coefficient (Wildman–Crippen LogP) is -0.179. The third-order valence-corrected chi connectivity index (χ3v) is 8.05. The van der Waals surface area contributed by atoms with Crippen molar-refractivity contribution in [2.75, 3.05) is 0 Å². The molecule has 0 unspecified atom stereocenters. The standard InChI is InChI=1S/C7H8O7S2.C7H8O5S.C6H6O5S/c1-4-2-7(16(12,13)14)5(8)3-6(4)15(9,10)11;1-4-2-5(8)7(9)6(3-4)13(10,11)12;7-4-1-2-6(5(8)3-4)12(9,10)11/h2-3,8H,1H3,(H,9,10,11)(H,12,13,14);2-3,8-9H,1H3,(H,10,11,12);1-3,7-8H,(H,9,10,11)/p-4. The van der Waals surface area contributed by atoms with E-state index in [1.165, 1.54) is 6.92 Å². The fourth-order valence-corrected chi connectivity index (χ4v) is 5.32. The van der Waals surface area contributed by atoms with Crippen LogP contribution >= 0.6 is 0 Å². The molecule has 0 atom stereocenters. The highest BCUT2D eigenvalue weighted by molar-refractivity contribution is 7.86. The van der Waals surface area contributed by atoms with Crippen LogP contribution in [0.2, 0.25) is 0 Å².